The maximum absolute atomic E-state index is 13.4. The van der Waals surface area contributed by atoms with E-state index in [4.69, 9.17) is 0 Å². The molecule has 2 nitrogen and oxygen atoms in total. The number of hydrogen-bond acceptors (Lipinski definition) is 1. The minimum absolute atomic E-state index is 0.287. The topological polar surface area (TPSA) is 29.1 Å². The van der Waals surface area contributed by atoms with E-state index in [1.54, 1.807) is 18.2 Å². The third-order valence-electron chi connectivity index (χ3n) is 2.19. The normalized spacial score (nSPS) is 11.9. The Hall–Kier alpha value is -1.64. The first-order valence-electron chi connectivity index (χ1n) is 4.86. The fourth-order valence-corrected chi connectivity index (χ4v) is 1.39. The van der Waals surface area contributed by atoms with Crippen LogP contribution < -0.4 is 5.32 Å². The van der Waals surface area contributed by atoms with Gasteiger partial charge in [-0.2, -0.15) is 0 Å². The fourth-order valence-electron chi connectivity index (χ4n) is 1.39. The monoisotopic (exact) mass is 207 g/mol. The molecule has 1 aromatic carbocycles. The zero-order valence-corrected chi connectivity index (χ0v) is 8.66. The number of carbonyl (C=O) groups excluding carboxylic acids is 1. The van der Waals surface area contributed by atoms with Crippen LogP contribution in [0, 0.1) is 5.82 Å². The van der Waals surface area contributed by atoms with Gasteiger partial charge >= 0.3 is 0 Å². The number of carbonyl (C=O) groups is 1. The van der Waals surface area contributed by atoms with Gasteiger partial charge in [-0.3, -0.25) is 4.79 Å². The Kier molecular flexibility index (Phi) is 4.03. The molecule has 1 N–H and O–H groups in total. The van der Waals surface area contributed by atoms with E-state index < -0.39 is 0 Å². The molecule has 1 rings (SSSR count). The average molecular weight is 207 g/mol. The first-order valence-corrected chi connectivity index (χ1v) is 4.86. The molecule has 80 valence electrons. The smallest absolute Gasteiger partial charge is 0.243 e. The molecule has 1 amide bonds. The van der Waals surface area contributed by atoms with E-state index in [1.807, 2.05) is 6.92 Å². The lowest BCUT2D eigenvalue weighted by Crippen LogP contribution is -2.26. The second-order valence-electron chi connectivity index (χ2n) is 3.20. The van der Waals surface area contributed by atoms with Gasteiger partial charge in [0.2, 0.25) is 5.91 Å². The lowest BCUT2D eigenvalue weighted by Gasteiger charge is -2.16. The van der Waals surface area contributed by atoms with Crippen molar-refractivity contribution in [3.8, 4) is 0 Å². The Bertz CT molecular complexity index is 362. The summed E-state index contributed by atoms with van der Waals surface area (Å²) in [6, 6.07) is 6.14. The average Bonchev–Trinajstić information content (AvgIpc) is 2.26. The van der Waals surface area contributed by atoms with E-state index >= 15 is 0 Å². The third-order valence-corrected chi connectivity index (χ3v) is 2.19. The Labute approximate surface area is 88.8 Å². The molecule has 0 spiro atoms. The van der Waals surface area contributed by atoms with E-state index in [-0.39, 0.29) is 17.8 Å². The van der Waals surface area contributed by atoms with Crippen molar-refractivity contribution in [2.24, 2.45) is 0 Å². The summed E-state index contributed by atoms with van der Waals surface area (Å²) in [5.74, 6) is -0.584. The Morgan fingerprint density at radius 1 is 1.60 bits per heavy atom. The highest BCUT2D eigenvalue weighted by atomic mass is 19.1. The largest absolute Gasteiger partial charge is 0.346 e. The summed E-state index contributed by atoms with van der Waals surface area (Å²) in [7, 11) is 0. The number of hydrogen-bond donors (Lipinski definition) is 1. The fraction of sp³-hybridized carbons (Fsp3) is 0.250. The predicted molar refractivity (Wildman–Crippen MR) is 57.8 cm³/mol. The van der Waals surface area contributed by atoms with Gasteiger partial charge in [-0.25, -0.2) is 4.39 Å². The van der Waals surface area contributed by atoms with Gasteiger partial charge in [0, 0.05) is 5.56 Å². The van der Waals surface area contributed by atoms with E-state index in [9.17, 15) is 9.18 Å². The van der Waals surface area contributed by atoms with Gasteiger partial charge in [0.25, 0.3) is 0 Å². The van der Waals surface area contributed by atoms with E-state index in [1.165, 1.54) is 12.1 Å². The molecule has 0 saturated carbocycles. The highest BCUT2D eigenvalue weighted by molar-refractivity contribution is 5.87. The van der Waals surface area contributed by atoms with E-state index in [0.29, 0.717) is 12.0 Å². The molecular formula is C12H14FNO. The summed E-state index contributed by atoms with van der Waals surface area (Å²) in [5.41, 5.74) is 0.509. The SMILES string of the molecule is C=CC(=O)N[C@H](CC)c1ccccc1F. The second kappa shape index (κ2) is 5.29. The van der Waals surface area contributed by atoms with Crippen LogP contribution in [0.1, 0.15) is 24.9 Å². The number of halogens is 1. The number of amides is 1. The first-order chi connectivity index (χ1) is 7.19. The maximum Gasteiger partial charge on any atom is 0.243 e. The molecule has 0 heterocycles. The molecule has 0 unspecified atom stereocenters. The van der Waals surface area contributed by atoms with E-state index in [0.717, 1.165) is 0 Å². The standard InChI is InChI=1S/C12H14FNO/c1-3-11(14-12(15)4-2)9-7-5-6-8-10(9)13/h4-8,11H,2-3H2,1H3,(H,14,15)/t11-/m1/s1. The van der Waals surface area contributed by atoms with Crippen LogP contribution in [0.2, 0.25) is 0 Å². The van der Waals surface area contributed by atoms with Crippen LogP contribution in [-0.4, -0.2) is 5.91 Å². The molecule has 0 saturated heterocycles. The zero-order chi connectivity index (χ0) is 11.3. The van der Waals surface area contributed by atoms with Crippen LogP contribution in [-0.2, 0) is 4.79 Å². The number of benzene rings is 1. The van der Waals surface area contributed by atoms with Crippen LogP contribution in [0.15, 0.2) is 36.9 Å². The van der Waals surface area contributed by atoms with Crippen LogP contribution in [0.3, 0.4) is 0 Å². The third kappa shape index (κ3) is 2.91. The van der Waals surface area contributed by atoms with Crippen LogP contribution in [0.25, 0.3) is 0 Å². The molecule has 3 heteroatoms. The summed E-state index contributed by atoms with van der Waals surface area (Å²) in [6.07, 6.45) is 1.82. The number of nitrogens with one attached hydrogen (secondary N) is 1. The maximum atomic E-state index is 13.4. The van der Waals surface area contributed by atoms with Gasteiger partial charge in [0.1, 0.15) is 5.82 Å². The van der Waals surface area contributed by atoms with Crippen molar-refractivity contribution in [1.82, 2.24) is 5.32 Å². The number of rotatable bonds is 4. The van der Waals surface area contributed by atoms with Crippen LogP contribution in [0.4, 0.5) is 4.39 Å². The summed E-state index contributed by atoms with van der Waals surface area (Å²) < 4.78 is 13.4. The van der Waals surface area contributed by atoms with Gasteiger partial charge in [-0.1, -0.05) is 31.7 Å². The first kappa shape index (κ1) is 11.4. The molecule has 0 bridgehead atoms. The summed E-state index contributed by atoms with van der Waals surface area (Å²) >= 11 is 0. The summed E-state index contributed by atoms with van der Waals surface area (Å²) in [4.78, 5) is 11.1. The zero-order valence-electron chi connectivity index (χ0n) is 8.66. The highest BCUT2D eigenvalue weighted by Crippen LogP contribution is 2.19. The van der Waals surface area contributed by atoms with Crippen LogP contribution in [0.5, 0.6) is 0 Å². The van der Waals surface area contributed by atoms with Crippen molar-refractivity contribution in [2.45, 2.75) is 19.4 Å². The van der Waals surface area contributed by atoms with Gasteiger partial charge in [-0.15, -0.1) is 0 Å². The van der Waals surface area contributed by atoms with Crippen molar-refractivity contribution in [2.75, 3.05) is 0 Å². The van der Waals surface area contributed by atoms with Gasteiger partial charge in [0.05, 0.1) is 6.04 Å². The lowest BCUT2D eigenvalue weighted by atomic mass is 10.0. The van der Waals surface area contributed by atoms with Gasteiger partial charge < -0.3 is 5.32 Å². The highest BCUT2D eigenvalue weighted by Gasteiger charge is 2.14. The second-order valence-corrected chi connectivity index (χ2v) is 3.20. The van der Waals surface area contributed by atoms with E-state index in [2.05, 4.69) is 11.9 Å². The van der Waals surface area contributed by atoms with Crippen molar-refractivity contribution in [1.29, 1.82) is 0 Å². The van der Waals surface area contributed by atoms with Crippen LogP contribution >= 0.6 is 0 Å². The van der Waals surface area contributed by atoms with Gasteiger partial charge in [-0.05, 0) is 18.6 Å². The Morgan fingerprint density at radius 3 is 2.80 bits per heavy atom. The molecule has 0 radical (unpaired) electrons. The minimum Gasteiger partial charge on any atom is -0.346 e. The molecule has 0 aliphatic rings. The quantitative estimate of drug-likeness (QED) is 0.755. The molecule has 15 heavy (non-hydrogen) atoms. The molecule has 0 aromatic heterocycles. The van der Waals surface area contributed by atoms with Crippen molar-refractivity contribution >= 4 is 5.91 Å². The molecule has 0 aliphatic heterocycles. The Morgan fingerprint density at radius 2 is 2.27 bits per heavy atom. The molecular weight excluding hydrogens is 193 g/mol. The summed E-state index contributed by atoms with van der Waals surface area (Å²) in [5, 5.41) is 2.68. The predicted octanol–water partition coefficient (Wildman–Crippen LogP) is 2.58. The summed E-state index contributed by atoms with van der Waals surface area (Å²) in [6.45, 7) is 5.25. The molecule has 1 atom stereocenters. The van der Waals surface area contributed by atoms with Crippen molar-refractivity contribution in [3.05, 3.63) is 48.3 Å². The van der Waals surface area contributed by atoms with Crippen molar-refractivity contribution < 1.29 is 9.18 Å². The Balaban J connectivity index is 2.87. The molecule has 0 fully saturated rings. The van der Waals surface area contributed by atoms with Gasteiger partial charge in [0.15, 0.2) is 0 Å². The molecule has 1 aromatic rings. The minimum atomic E-state index is -0.297. The lowest BCUT2D eigenvalue weighted by molar-refractivity contribution is -0.117. The van der Waals surface area contributed by atoms with Crippen molar-refractivity contribution in [3.63, 3.8) is 0 Å². The molecule has 0 aliphatic carbocycles.